The minimum atomic E-state index is -0.0832. The number of halogens is 1. The molecular weight excluding hydrogens is 407 g/mol. The molecule has 3 fully saturated rings. The molecule has 0 N–H and O–H groups in total. The van der Waals surface area contributed by atoms with E-state index >= 15 is 0 Å². The van der Waals surface area contributed by atoms with E-state index in [1.165, 1.54) is 89.9 Å². The summed E-state index contributed by atoms with van der Waals surface area (Å²) in [5.41, 5.74) is 0.916. The van der Waals surface area contributed by atoms with E-state index in [-0.39, 0.29) is 5.82 Å². The molecule has 4 rings (SSSR count). The van der Waals surface area contributed by atoms with Crippen LogP contribution >= 0.6 is 0 Å². The number of hydrogen-bond acceptors (Lipinski definition) is 1. The van der Waals surface area contributed by atoms with Crippen molar-refractivity contribution in [3.05, 3.63) is 42.2 Å². The Morgan fingerprint density at radius 2 is 1.58 bits per heavy atom. The van der Waals surface area contributed by atoms with Gasteiger partial charge in [0.1, 0.15) is 18.2 Å². The molecule has 0 spiro atoms. The Balaban J connectivity index is 1.23. The van der Waals surface area contributed by atoms with Crippen LogP contribution in [0.2, 0.25) is 0 Å². The van der Waals surface area contributed by atoms with Gasteiger partial charge in [0.2, 0.25) is 0 Å². The van der Waals surface area contributed by atoms with E-state index in [2.05, 4.69) is 13.5 Å². The summed E-state index contributed by atoms with van der Waals surface area (Å²) in [5.74, 6) is 5.61. The van der Waals surface area contributed by atoms with E-state index in [1.807, 2.05) is 12.1 Å². The van der Waals surface area contributed by atoms with E-state index in [0.717, 1.165) is 41.6 Å². The van der Waals surface area contributed by atoms with Crippen LogP contribution in [-0.2, 0) is 0 Å². The molecule has 184 valence electrons. The lowest BCUT2D eigenvalue weighted by Crippen LogP contribution is -2.34. The average Bonchev–Trinajstić information content (AvgIpc) is 2.85. The summed E-state index contributed by atoms with van der Waals surface area (Å²) in [6.45, 7) is 6.40. The Hall–Kier alpha value is -1.31. The topological polar surface area (TPSA) is 9.23 Å². The molecule has 4 unspecified atom stereocenters. The lowest BCUT2D eigenvalue weighted by molar-refractivity contribution is 0.0706. The molecule has 3 saturated carbocycles. The molecule has 0 heterocycles. The number of ether oxygens (including phenoxy) is 1. The van der Waals surface area contributed by atoms with Crippen molar-refractivity contribution in [2.75, 3.05) is 6.61 Å². The second-order valence-corrected chi connectivity index (χ2v) is 11.5. The quantitative estimate of drug-likeness (QED) is 0.253. The molecule has 0 aromatic heterocycles. The summed E-state index contributed by atoms with van der Waals surface area (Å²) < 4.78 is 20.3. The second-order valence-electron chi connectivity index (χ2n) is 11.5. The van der Waals surface area contributed by atoms with Crippen molar-refractivity contribution in [2.45, 2.75) is 109 Å². The SMILES string of the molecule is C=CCOc1ccc(C2CCC3CC(C4CCC(CCCCCC)CC4)CCC3C2)c(F)c1. The maximum atomic E-state index is 14.8. The first-order valence-electron chi connectivity index (χ1n) is 14.2. The molecule has 33 heavy (non-hydrogen) atoms. The third kappa shape index (κ3) is 6.64. The smallest absolute Gasteiger partial charge is 0.130 e. The molecule has 3 aliphatic carbocycles. The number of benzene rings is 1. The van der Waals surface area contributed by atoms with Crippen molar-refractivity contribution < 1.29 is 9.13 Å². The van der Waals surface area contributed by atoms with Crippen LogP contribution in [0.3, 0.4) is 0 Å². The fraction of sp³-hybridized carbons (Fsp3) is 0.742. The zero-order valence-electron chi connectivity index (χ0n) is 21.1. The Morgan fingerprint density at radius 3 is 2.30 bits per heavy atom. The lowest BCUT2D eigenvalue weighted by Gasteiger charge is -2.45. The highest BCUT2D eigenvalue weighted by Gasteiger charge is 2.39. The third-order valence-corrected chi connectivity index (χ3v) is 9.46. The van der Waals surface area contributed by atoms with E-state index in [4.69, 9.17) is 4.74 Å². The molecule has 0 amide bonds. The Bertz CT molecular complexity index is 734. The van der Waals surface area contributed by atoms with Crippen LogP contribution in [0.15, 0.2) is 30.9 Å². The minimum Gasteiger partial charge on any atom is -0.489 e. The van der Waals surface area contributed by atoms with Crippen molar-refractivity contribution in [2.24, 2.45) is 29.6 Å². The van der Waals surface area contributed by atoms with Crippen LogP contribution in [0, 0.1) is 35.4 Å². The van der Waals surface area contributed by atoms with E-state index < -0.39 is 0 Å². The zero-order valence-corrected chi connectivity index (χ0v) is 21.1. The third-order valence-electron chi connectivity index (χ3n) is 9.46. The summed E-state index contributed by atoms with van der Waals surface area (Å²) >= 11 is 0. The summed E-state index contributed by atoms with van der Waals surface area (Å²) in [7, 11) is 0. The van der Waals surface area contributed by atoms with Gasteiger partial charge in [0.25, 0.3) is 0 Å². The molecule has 1 nitrogen and oxygen atoms in total. The predicted molar refractivity (Wildman–Crippen MR) is 137 cm³/mol. The van der Waals surface area contributed by atoms with Crippen LogP contribution in [0.1, 0.15) is 115 Å². The molecule has 0 radical (unpaired) electrons. The maximum absolute atomic E-state index is 14.8. The predicted octanol–water partition coefficient (Wildman–Crippen LogP) is 9.47. The van der Waals surface area contributed by atoms with Crippen LogP contribution in [0.25, 0.3) is 0 Å². The molecular formula is C31H47FO. The van der Waals surface area contributed by atoms with Gasteiger partial charge >= 0.3 is 0 Å². The Kier molecular flexibility index (Phi) is 9.33. The number of fused-ring (bicyclic) bond motifs is 1. The van der Waals surface area contributed by atoms with Gasteiger partial charge in [0, 0.05) is 6.07 Å². The first-order valence-corrected chi connectivity index (χ1v) is 14.2. The molecule has 3 aliphatic rings. The van der Waals surface area contributed by atoms with E-state index in [9.17, 15) is 4.39 Å². The molecule has 0 saturated heterocycles. The van der Waals surface area contributed by atoms with Crippen molar-refractivity contribution >= 4 is 0 Å². The van der Waals surface area contributed by atoms with Crippen molar-refractivity contribution in [3.8, 4) is 5.75 Å². The summed E-state index contributed by atoms with van der Waals surface area (Å²) in [6, 6.07) is 5.48. The molecule has 0 bridgehead atoms. The monoisotopic (exact) mass is 454 g/mol. The van der Waals surface area contributed by atoms with Gasteiger partial charge in [-0.15, -0.1) is 0 Å². The van der Waals surface area contributed by atoms with Gasteiger partial charge in [-0.25, -0.2) is 4.39 Å². The number of rotatable bonds is 10. The largest absolute Gasteiger partial charge is 0.489 e. The highest BCUT2D eigenvalue weighted by atomic mass is 19.1. The molecule has 4 atom stereocenters. The highest BCUT2D eigenvalue weighted by molar-refractivity contribution is 5.31. The first kappa shape index (κ1) is 24.8. The van der Waals surface area contributed by atoms with Gasteiger partial charge in [0.15, 0.2) is 0 Å². The Morgan fingerprint density at radius 1 is 0.879 bits per heavy atom. The van der Waals surface area contributed by atoms with Crippen LogP contribution in [0.4, 0.5) is 4.39 Å². The molecule has 2 heteroatoms. The maximum Gasteiger partial charge on any atom is 0.130 e. The van der Waals surface area contributed by atoms with Gasteiger partial charge in [0.05, 0.1) is 0 Å². The van der Waals surface area contributed by atoms with Gasteiger partial charge in [-0.2, -0.15) is 0 Å². The van der Waals surface area contributed by atoms with Crippen molar-refractivity contribution in [1.82, 2.24) is 0 Å². The van der Waals surface area contributed by atoms with Crippen molar-refractivity contribution in [1.29, 1.82) is 0 Å². The molecule has 1 aromatic carbocycles. The van der Waals surface area contributed by atoms with E-state index in [0.29, 0.717) is 18.3 Å². The van der Waals surface area contributed by atoms with Gasteiger partial charge in [-0.05, 0) is 98.5 Å². The fourth-order valence-corrected chi connectivity index (χ4v) is 7.53. The average molecular weight is 455 g/mol. The van der Waals surface area contributed by atoms with Crippen LogP contribution < -0.4 is 4.74 Å². The summed E-state index contributed by atoms with van der Waals surface area (Å²) in [5, 5.41) is 0. The normalized spacial score (nSPS) is 32.2. The molecule has 1 aromatic rings. The first-order chi connectivity index (χ1) is 16.2. The number of hydrogen-bond donors (Lipinski definition) is 0. The zero-order chi connectivity index (χ0) is 23.0. The van der Waals surface area contributed by atoms with Crippen LogP contribution in [-0.4, -0.2) is 6.61 Å². The van der Waals surface area contributed by atoms with Crippen LogP contribution in [0.5, 0.6) is 5.75 Å². The summed E-state index contributed by atoms with van der Waals surface area (Å²) in [4.78, 5) is 0. The highest BCUT2D eigenvalue weighted by Crippen LogP contribution is 2.51. The van der Waals surface area contributed by atoms with Gasteiger partial charge in [-0.3, -0.25) is 0 Å². The van der Waals surface area contributed by atoms with Crippen molar-refractivity contribution in [3.63, 3.8) is 0 Å². The second kappa shape index (κ2) is 12.4. The van der Waals surface area contributed by atoms with E-state index in [1.54, 1.807) is 12.1 Å². The lowest BCUT2D eigenvalue weighted by atomic mass is 9.60. The minimum absolute atomic E-state index is 0.0832. The van der Waals surface area contributed by atoms with Gasteiger partial charge in [-0.1, -0.05) is 70.6 Å². The van der Waals surface area contributed by atoms with Gasteiger partial charge < -0.3 is 4.74 Å². The fourth-order valence-electron chi connectivity index (χ4n) is 7.53. The molecule has 0 aliphatic heterocycles. The number of unbranched alkanes of at least 4 members (excludes halogenated alkanes) is 3. The Labute approximate surface area is 202 Å². The summed E-state index contributed by atoms with van der Waals surface area (Å²) in [6.07, 6.45) is 22.7. The standard InChI is InChI=1S/C31H47FO/c1-3-5-6-7-8-23-9-11-24(12-10-23)25-13-14-27-21-28(16-15-26(27)20-25)30-18-17-29(22-31(30)32)33-19-4-2/h4,17-18,22-28H,2-3,5-16,19-21H2,1H3.